The van der Waals surface area contributed by atoms with E-state index in [0.29, 0.717) is 23.2 Å². The molecule has 1 aromatic heterocycles. The van der Waals surface area contributed by atoms with Gasteiger partial charge in [-0.05, 0) is 67.5 Å². The maximum Gasteiger partial charge on any atom is 0.233 e. The van der Waals surface area contributed by atoms with Gasteiger partial charge in [0.25, 0.3) is 0 Å². The third-order valence-corrected chi connectivity index (χ3v) is 7.80. The van der Waals surface area contributed by atoms with Gasteiger partial charge in [0.15, 0.2) is 0 Å². The third-order valence-electron chi connectivity index (χ3n) is 7.80. The minimum absolute atomic E-state index is 0.494. The summed E-state index contributed by atoms with van der Waals surface area (Å²) in [4.78, 5) is 16.6. The highest BCUT2D eigenvalue weighted by molar-refractivity contribution is 5.55. The Balaban J connectivity index is 1.35. The molecule has 2 bridgehead atoms. The van der Waals surface area contributed by atoms with Crippen molar-refractivity contribution in [3.05, 3.63) is 30.3 Å². The monoisotopic (exact) mass is 421 g/mol. The van der Waals surface area contributed by atoms with Crippen LogP contribution in [0, 0.1) is 23.2 Å². The van der Waals surface area contributed by atoms with Gasteiger partial charge in [0.2, 0.25) is 17.8 Å². The summed E-state index contributed by atoms with van der Waals surface area (Å²) in [5.41, 5.74) is 1.48. The van der Waals surface area contributed by atoms with Crippen LogP contribution in [0.5, 0.6) is 0 Å². The van der Waals surface area contributed by atoms with Crippen molar-refractivity contribution in [2.75, 3.05) is 48.3 Å². The smallest absolute Gasteiger partial charge is 0.233 e. The number of nitrogens with zero attached hydrogens (tertiary/aromatic N) is 4. The predicted octanol–water partition coefficient (Wildman–Crippen LogP) is 3.90. The summed E-state index contributed by atoms with van der Waals surface area (Å²) in [5, 5.41) is 10.4. The van der Waals surface area contributed by atoms with Crippen LogP contribution in [0.4, 0.5) is 23.5 Å². The first-order valence-electron chi connectivity index (χ1n) is 11.9. The summed E-state index contributed by atoms with van der Waals surface area (Å²) >= 11 is 0. The Bertz CT molecular complexity index is 875. The second-order valence-electron chi connectivity index (χ2n) is 9.94. The van der Waals surface area contributed by atoms with Crippen molar-refractivity contribution < 1.29 is 0 Å². The standard InChI is InChI=1S/C24H35N7/c1-24(2)18-10-9-17(20(24)15-18)16-26-21-28-22(27-19-7-4-3-5-8-19)30-23(29-21)31-13-6-11-25-12-14-31/h3-5,7-8,17-18,20,25H,6,9-16H2,1-2H3,(H2,26,27,28,29,30). The van der Waals surface area contributed by atoms with E-state index in [9.17, 15) is 0 Å². The Morgan fingerprint density at radius 3 is 2.68 bits per heavy atom. The summed E-state index contributed by atoms with van der Waals surface area (Å²) in [6.45, 7) is 9.72. The lowest BCUT2D eigenvalue weighted by Crippen LogP contribution is -2.53. The van der Waals surface area contributed by atoms with Crippen LogP contribution >= 0.6 is 0 Å². The zero-order chi connectivity index (χ0) is 21.3. The molecular formula is C24H35N7. The van der Waals surface area contributed by atoms with Crippen LogP contribution in [0.25, 0.3) is 0 Å². The van der Waals surface area contributed by atoms with E-state index in [2.05, 4.69) is 34.7 Å². The van der Waals surface area contributed by atoms with Crippen molar-refractivity contribution in [2.24, 2.45) is 23.2 Å². The molecule has 1 saturated heterocycles. The van der Waals surface area contributed by atoms with E-state index in [-0.39, 0.29) is 0 Å². The predicted molar refractivity (Wildman–Crippen MR) is 126 cm³/mol. The van der Waals surface area contributed by atoms with Gasteiger partial charge in [0, 0.05) is 31.9 Å². The van der Waals surface area contributed by atoms with E-state index in [1.807, 2.05) is 30.3 Å². The maximum absolute atomic E-state index is 4.82. The largest absolute Gasteiger partial charge is 0.354 e. The molecule has 31 heavy (non-hydrogen) atoms. The number of nitrogens with one attached hydrogen (secondary N) is 3. The van der Waals surface area contributed by atoms with Gasteiger partial charge in [0.05, 0.1) is 0 Å². The van der Waals surface area contributed by atoms with Crippen LogP contribution in [-0.4, -0.2) is 47.7 Å². The van der Waals surface area contributed by atoms with Crippen LogP contribution in [0.2, 0.25) is 0 Å². The topological polar surface area (TPSA) is 78.0 Å². The highest BCUT2D eigenvalue weighted by Gasteiger charge is 2.53. The van der Waals surface area contributed by atoms with Gasteiger partial charge in [0.1, 0.15) is 0 Å². The first kappa shape index (κ1) is 20.5. The molecule has 2 heterocycles. The van der Waals surface area contributed by atoms with E-state index in [4.69, 9.17) is 15.0 Å². The van der Waals surface area contributed by atoms with E-state index >= 15 is 0 Å². The Morgan fingerprint density at radius 1 is 1.03 bits per heavy atom. The number of rotatable bonds is 6. The van der Waals surface area contributed by atoms with Gasteiger partial charge < -0.3 is 20.9 Å². The summed E-state index contributed by atoms with van der Waals surface area (Å²) in [6, 6.07) is 10.1. The SMILES string of the molecule is CC1(C)C2CCC(CNc3nc(Nc4ccccc4)nc(N4CCCNCC4)n3)C1C2. The molecule has 3 aliphatic carbocycles. The van der Waals surface area contributed by atoms with Gasteiger partial charge >= 0.3 is 0 Å². The molecule has 0 radical (unpaired) electrons. The Kier molecular flexibility index (Phi) is 5.69. The van der Waals surface area contributed by atoms with E-state index in [1.54, 1.807) is 0 Å². The van der Waals surface area contributed by atoms with Gasteiger partial charge in [-0.15, -0.1) is 0 Å². The van der Waals surface area contributed by atoms with Crippen molar-refractivity contribution in [2.45, 2.75) is 39.5 Å². The second kappa shape index (κ2) is 8.61. The number of benzene rings is 1. The number of aromatic nitrogens is 3. The Labute approximate surface area is 185 Å². The van der Waals surface area contributed by atoms with Crippen LogP contribution < -0.4 is 20.9 Å². The lowest BCUT2D eigenvalue weighted by Gasteiger charge is -2.60. The number of para-hydroxylation sites is 1. The Morgan fingerprint density at radius 2 is 1.87 bits per heavy atom. The fourth-order valence-electron chi connectivity index (χ4n) is 5.77. The normalized spacial score (nSPS) is 27.2. The third kappa shape index (κ3) is 4.33. The fraction of sp³-hybridized carbons (Fsp3) is 0.625. The van der Waals surface area contributed by atoms with Crippen molar-refractivity contribution >= 4 is 23.5 Å². The molecular weight excluding hydrogens is 386 g/mol. The molecule has 0 spiro atoms. The van der Waals surface area contributed by atoms with Gasteiger partial charge in [-0.3, -0.25) is 0 Å². The molecule has 7 nitrogen and oxygen atoms in total. The van der Waals surface area contributed by atoms with E-state index in [0.717, 1.165) is 62.6 Å². The fourth-order valence-corrected chi connectivity index (χ4v) is 5.77. The van der Waals surface area contributed by atoms with Crippen molar-refractivity contribution in [1.29, 1.82) is 0 Å². The summed E-state index contributed by atoms with van der Waals surface area (Å²) in [5.74, 6) is 4.48. The first-order valence-corrected chi connectivity index (χ1v) is 11.9. The van der Waals surface area contributed by atoms with Crippen LogP contribution in [0.15, 0.2) is 30.3 Å². The molecule has 3 unspecified atom stereocenters. The molecule has 3 saturated carbocycles. The van der Waals surface area contributed by atoms with Crippen molar-refractivity contribution in [3.63, 3.8) is 0 Å². The summed E-state index contributed by atoms with van der Waals surface area (Å²) in [7, 11) is 0. The zero-order valence-corrected chi connectivity index (χ0v) is 18.8. The summed E-state index contributed by atoms with van der Waals surface area (Å²) < 4.78 is 0. The highest BCUT2D eigenvalue weighted by atomic mass is 15.3. The average Bonchev–Trinajstić information content (AvgIpc) is 3.08. The molecule has 2 aromatic rings. The second-order valence-corrected chi connectivity index (χ2v) is 9.94. The maximum atomic E-state index is 4.82. The Hall–Kier alpha value is -2.41. The van der Waals surface area contributed by atoms with Gasteiger partial charge in [-0.25, -0.2) is 0 Å². The van der Waals surface area contributed by atoms with Crippen LogP contribution in [0.1, 0.15) is 39.5 Å². The molecule has 1 aliphatic heterocycles. The molecule has 0 amide bonds. The molecule has 7 heteroatoms. The molecule has 6 rings (SSSR count). The molecule has 166 valence electrons. The van der Waals surface area contributed by atoms with Gasteiger partial charge in [-0.2, -0.15) is 15.0 Å². The van der Waals surface area contributed by atoms with Crippen molar-refractivity contribution in [3.8, 4) is 0 Å². The number of hydrogen-bond acceptors (Lipinski definition) is 7. The van der Waals surface area contributed by atoms with Crippen molar-refractivity contribution in [1.82, 2.24) is 20.3 Å². The zero-order valence-electron chi connectivity index (χ0n) is 18.8. The number of anilines is 4. The van der Waals surface area contributed by atoms with Gasteiger partial charge in [-0.1, -0.05) is 32.0 Å². The number of fused-ring (bicyclic) bond motifs is 2. The minimum atomic E-state index is 0.494. The molecule has 1 aromatic carbocycles. The highest BCUT2D eigenvalue weighted by Crippen LogP contribution is 2.61. The molecule has 3 N–H and O–H groups in total. The molecule has 3 atom stereocenters. The average molecular weight is 422 g/mol. The lowest BCUT2D eigenvalue weighted by molar-refractivity contribution is -0.100. The van der Waals surface area contributed by atoms with E-state index < -0.39 is 0 Å². The summed E-state index contributed by atoms with van der Waals surface area (Å²) in [6.07, 6.45) is 5.16. The number of hydrogen-bond donors (Lipinski definition) is 3. The van der Waals surface area contributed by atoms with Crippen LogP contribution in [-0.2, 0) is 0 Å². The quantitative estimate of drug-likeness (QED) is 0.653. The van der Waals surface area contributed by atoms with Crippen LogP contribution in [0.3, 0.4) is 0 Å². The van der Waals surface area contributed by atoms with E-state index in [1.165, 1.54) is 19.3 Å². The first-order chi connectivity index (χ1) is 15.1. The minimum Gasteiger partial charge on any atom is -0.354 e. The molecule has 4 fully saturated rings. The lowest BCUT2D eigenvalue weighted by atomic mass is 9.45. The molecule has 4 aliphatic rings.